The first-order valence-corrected chi connectivity index (χ1v) is 15.9. The number of aliphatic hydroxyl groups excluding tert-OH is 1. The molecule has 0 bridgehead atoms. The normalized spacial score (nSPS) is 12.1. The van der Waals surface area contributed by atoms with Crippen molar-refractivity contribution in [2.75, 3.05) is 13.2 Å². The quantitative estimate of drug-likeness (QED) is 0.0826. The molecule has 0 heterocycles. The van der Waals surface area contributed by atoms with Crippen molar-refractivity contribution < 1.29 is 22.7 Å². The van der Waals surface area contributed by atoms with Crippen LogP contribution in [0, 0.1) is 13.8 Å². The zero-order chi connectivity index (χ0) is 33.1. The van der Waals surface area contributed by atoms with Crippen molar-refractivity contribution in [3.05, 3.63) is 128 Å². The van der Waals surface area contributed by atoms with Gasteiger partial charge in [-0.15, -0.1) is 0 Å². The second-order valence-corrected chi connectivity index (χ2v) is 11.7. The van der Waals surface area contributed by atoms with Crippen LogP contribution in [0.2, 0.25) is 0 Å². The Morgan fingerprint density at radius 2 is 1.39 bits per heavy atom. The number of hydrogen-bond donors (Lipinski definition) is 2. The standard InChI is InChI=1S/C40H43F4NO/c1-4-5-6-9-30-15-14-28(2)34(24-30)19-18-33-11-8-13-37(38(33)26-41)36-12-7-10-32(29(36)3)17-20-35-25-31(27-45-22-23-46)16-21-39(35)40(42,43)44/h7-8,10-21,24-25,45-46H,4-6,9,22-23,26-27H2,1-3H3/b19-18+,20-17+. The molecule has 0 spiro atoms. The highest BCUT2D eigenvalue weighted by Crippen LogP contribution is 2.35. The minimum atomic E-state index is -4.51. The number of aliphatic hydroxyl groups is 1. The molecule has 0 unspecified atom stereocenters. The summed E-state index contributed by atoms with van der Waals surface area (Å²) in [6.45, 7) is 6.16. The maximum Gasteiger partial charge on any atom is 0.416 e. The fourth-order valence-corrected chi connectivity index (χ4v) is 5.68. The largest absolute Gasteiger partial charge is 0.416 e. The summed E-state index contributed by atoms with van der Waals surface area (Å²) >= 11 is 0. The molecular weight excluding hydrogens is 586 g/mol. The van der Waals surface area contributed by atoms with Gasteiger partial charge in [0.05, 0.1) is 12.2 Å². The molecular formula is C40H43F4NO. The average molecular weight is 630 g/mol. The Hall–Kier alpha value is -4.00. The molecule has 4 aromatic carbocycles. The van der Waals surface area contributed by atoms with Crippen LogP contribution in [0.1, 0.15) is 81.8 Å². The summed E-state index contributed by atoms with van der Waals surface area (Å²) in [5.41, 5.74) is 8.13. The van der Waals surface area contributed by atoms with Gasteiger partial charge in [0.15, 0.2) is 0 Å². The molecule has 0 fully saturated rings. The van der Waals surface area contributed by atoms with E-state index in [-0.39, 0.29) is 12.2 Å². The molecule has 2 N–H and O–H groups in total. The number of alkyl halides is 4. The second kappa shape index (κ2) is 16.5. The van der Waals surface area contributed by atoms with Gasteiger partial charge >= 0.3 is 6.18 Å². The van der Waals surface area contributed by atoms with Crippen molar-refractivity contribution >= 4 is 24.3 Å². The Morgan fingerprint density at radius 3 is 2.11 bits per heavy atom. The van der Waals surface area contributed by atoms with Gasteiger partial charge in [-0.3, -0.25) is 0 Å². The van der Waals surface area contributed by atoms with E-state index in [0.29, 0.717) is 24.2 Å². The molecule has 6 heteroatoms. The third-order valence-electron chi connectivity index (χ3n) is 8.35. The van der Waals surface area contributed by atoms with Crippen LogP contribution in [0.15, 0.2) is 72.8 Å². The van der Waals surface area contributed by atoms with Crippen LogP contribution >= 0.6 is 0 Å². The van der Waals surface area contributed by atoms with Gasteiger partial charge in [0.2, 0.25) is 0 Å². The molecule has 0 aromatic heterocycles. The van der Waals surface area contributed by atoms with E-state index in [1.165, 1.54) is 36.6 Å². The topological polar surface area (TPSA) is 32.3 Å². The van der Waals surface area contributed by atoms with Crippen molar-refractivity contribution in [2.24, 2.45) is 0 Å². The monoisotopic (exact) mass is 629 g/mol. The molecule has 0 saturated heterocycles. The van der Waals surface area contributed by atoms with Crippen molar-refractivity contribution in [3.8, 4) is 11.1 Å². The Bertz CT molecular complexity index is 1670. The molecule has 242 valence electrons. The van der Waals surface area contributed by atoms with Gasteiger partial charge in [-0.05, 0) is 100 Å². The predicted octanol–water partition coefficient (Wildman–Crippen LogP) is 10.6. The number of nitrogens with one attached hydrogen (secondary N) is 1. The fraction of sp³-hybridized carbons (Fsp3) is 0.300. The highest BCUT2D eigenvalue weighted by atomic mass is 19.4. The van der Waals surface area contributed by atoms with Crippen LogP contribution in [0.5, 0.6) is 0 Å². The summed E-state index contributed by atoms with van der Waals surface area (Å²) in [6.07, 6.45) is 7.25. The van der Waals surface area contributed by atoms with E-state index in [1.54, 1.807) is 6.08 Å². The van der Waals surface area contributed by atoms with Crippen LogP contribution in [-0.4, -0.2) is 18.3 Å². The molecule has 0 atom stereocenters. The summed E-state index contributed by atoms with van der Waals surface area (Å²) in [6, 6.07) is 21.9. The Labute approximate surface area is 270 Å². The van der Waals surface area contributed by atoms with E-state index < -0.39 is 18.4 Å². The molecule has 46 heavy (non-hydrogen) atoms. The SMILES string of the molecule is CCCCCc1ccc(C)c(/C=C/c2cccc(-c3cccc(/C=C/c4cc(CNCCO)ccc4C(F)(F)F)c3C)c2CF)c1. The molecule has 0 amide bonds. The molecule has 2 nitrogen and oxygen atoms in total. The summed E-state index contributed by atoms with van der Waals surface area (Å²) in [5.74, 6) is 0. The Kier molecular flexibility index (Phi) is 12.5. The molecule has 4 aromatic rings. The minimum Gasteiger partial charge on any atom is -0.395 e. The summed E-state index contributed by atoms with van der Waals surface area (Å²) < 4.78 is 56.3. The van der Waals surface area contributed by atoms with Gasteiger partial charge < -0.3 is 10.4 Å². The number of halogens is 4. The molecule has 0 aliphatic heterocycles. The highest BCUT2D eigenvalue weighted by Gasteiger charge is 2.32. The van der Waals surface area contributed by atoms with Crippen molar-refractivity contribution in [2.45, 2.75) is 65.9 Å². The van der Waals surface area contributed by atoms with Crippen molar-refractivity contribution in [3.63, 3.8) is 0 Å². The summed E-state index contributed by atoms with van der Waals surface area (Å²) in [5, 5.41) is 12.0. The lowest BCUT2D eigenvalue weighted by Gasteiger charge is -2.15. The minimum absolute atomic E-state index is 0.0565. The van der Waals surface area contributed by atoms with Gasteiger partial charge in [-0.1, -0.05) is 105 Å². The van der Waals surface area contributed by atoms with Crippen molar-refractivity contribution in [1.82, 2.24) is 5.32 Å². The van der Waals surface area contributed by atoms with Crippen molar-refractivity contribution in [1.29, 1.82) is 0 Å². The average Bonchev–Trinajstić information content (AvgIpc) is 3.04. The first-order chi connectivity index (χ1) is 22.2. The van der Waals surface area contributed by atoms with E-state index in [0.717, 1.165) is 57.9 Å². The van der Waals surface area contributed by atoms with Crippen LogP contribution in [-0.2, 0) is 25.8 Å². The lowest BCUT2D eigenvalue weighted by atomic mass is 9.90. The molecule has 0 aliphatic rings. The van der Waals surface area contributed by atoms with Gasteiger partial charge in [-0.2, -0.15) is 13.2 Å². The number of unbranched alkanes of at least 4 members (excludes halogenated alkanes) is 2. The Morgan fingerprint density at radius 1 is 0.739 bits per heavy atom. The molecule has 0 radical (unpaired) electrons. The number of hydrogen-bond acceptors (Lipinski definition) is 2. The highest BCUT2D eigenvalue weighted by molar-refractivity contribution is 5.82. The molecule has 4 rings (SSSR count). The van der Waals surface area contributed by atoms with E-state index in [4.69, 9.17) is 5.11 Å². The van der Waals surface area contributed by atoms with E-state index in [1.807, 2.05) is 49.4 Å². The van der Waals surface area contributed by atoms with Gasteiger partial charge in [0.1, 0.15) is 6.67 Å². The van der Waals surface area contributed by atoms with Gasteiger partial charge in [-0.25, -0.2) is 4.39 Å². The maximum absolute atomic E-state index is 14.7. The molecule has 0 saturated carbocycles. The zero-order valence-electron chi connectivity index (χ0n) is 26.9. The van der Waals surface area contributed by atoms with Crippen LogP contribution < -0.4 is 5.32 Å². The van der Waals surface area contributed by atoms with E-state index in [2.05, 4.69) is 43.4 Å². The van der Waals surface area contributed by atoms with Crippen LogP contribution in [0.4, 0.5) is 17.6 Å². The lowest BCUT2D eigenvalue weighted by Crippen LogP contribution is -2.18. The number of benzene rings is 4. The second-order valence-electron chi connectivity index (χ2n) is 11.7. The summed E-state index contributed by atoms with van der Waals surface area (Å²) in [4.78, 5) is 0. The van der Waals surface area contributed by atoms with E-state index in [9.17, 15) is 17.6 Å². The summed E-state index contributed by atoms with van der Waals surface area (Å²) in [7, 11) is 0. The van der Waals surface area contributed by atoms with Gasteiger partial charge in [0.25, 0.3) is 0 Å². The first kappa shape index (κ1) is 34.9. The van der Waals surface area contributed by atoms with Crippen LogP contribution in [0.25, 0.3) is 35.4 Å². The van der Waals surface area contributed by atoms with E-state index >= 15 is 0 Å². The predicted molar refractivity (Wildman–Crippen MR) is 184 cm³/mol. The number of rotatable bonds is 14. The first-order valence-electron chi connectivity index (χ1n) is 15.9. The number of aryl methyl sites for hydroxylation is 2. The smallest absolute Gasteiger partial charge is 0.395 e. The lowest BCUT2D eigenvalue weighted by molar-refractivity contribution is -0.137. The third-order valence-corrected chi connectivity index (χ3v) is 8.35. The zero-order valence-corrected chi connectivity index (χ0v) is 26.9. The Balaban J connectivity index is 1.66. The maximum atomic E-state index is 14.7. The van der Waals surface area contributed by atoms with Crippen LogP contribution in [0.3, 0.4) is 0 Å². The van der Waals surface area contributed by atoms with Gasteiger partial charge in [0, 0.05) is 13.1 Å². The third kappa shape index (κ3) is 9.05. The fourth-order valence-electron chi connectivity index (χ4n) is 5.68. The molecule has 0 aliphatic carbocycles.